The Morgan fingerprint density at radius 1 is 1.00 bits per heavy atom. The van der Waals surface area contributed by atoms with E-state index in [9.17, 15) is 9.18 Å². The summed E-state index contributed by atoms with van der Waals surface area (Å²) in [5.74, 6) is 0.131. The second-order valence-corrected chi connectivity index (χ2v) is 7.75. The van der Waals surface area contributed by atoms with E-state index in [1.54, 1.807) is 35.7 Å². The van der Waals surface area contributed by atoms with Gasteiger partial charge in [-0.1, -0.05) is 12.1 Å². The fraction of sp³-hybridized carbons (Fsp3) is 0.348. The molecule has 0 radical (unpaired) electrons. The van der Waals surface area contributed by atoms with Crippen LogP contribution in [0.2, 0.25) is 0 Å². The Morgan fingerprint density at radius 3 is 2.30 bits per heavy atom. The number of hydrogen-bond acceptors (Lipinski definition) is 4. The van der Waals surface area contributed by atoms with Gasteiger partial charge in [0.15, 0.2) is 0 Å². The van der Waals surface area contributed by atoms with Gasteiger partial charge < -0.3 is 9.80 Å². The minimum absolute atomic E-state index is 0.129. The van der Waals surface area contributed by atoms with Crippen LogP contribution in [0, 0.1) is 12.7 Å². The molecule has 0 saturated carbocycles. The molecule has 1 aliphatic heterocycles. The van der Waals surface area contributed by atoms with Crippen LogP contribution in [-0.2, 0) is 6.54 Å². The van der Waals surface area contributed by atoms with Gasteiger partial charge in [-0.05, 0) is 68.1 Å². The summed E-state index contributed by atoms with van der Waals surface area (Å²) in [6.45, 7) is 4.47. The molecule has 7 heteroatoms. The molecular formula is C23H26FN5O. The molecule has 3 aromatic rings. The van der Waals surface area contributed by atoms with Crippen molar-refractivity contribution in [1.82, 2.24) is 19.7 Å². The van der Waals surface area contributed by atoms with Crippen LogP contribution in [0.5, 0.6) is 0 Å². The molecular weight excluding hydrogens is 381 g/mol. The molecule has 0 N–H and O–H groups in total. The Morgan fingerprint density at radius 2 is 1.63 bits per heavy atom. The Bertz CT molecular complexity index is 1010. The smallest absolute Gasteiger partial charge is 0.293 e. The first-order chi connectivity index (χ1) is 14.5. The summed E-state index contributed by atoms with van der Waals surface area (Å²) in [5.41, 5.74) is 2.96. The van der Waals surface area contributed by atoms with Crippen LogP contribution in [0.25, 0.3) is 5.69 Å². The first-order valence-electron chi connectivity index (χ1n) is 10.3. The van der Waals surface area contributed by atoms with Gasteiger partial charge in [0.25, 0.3) is 5.91 Å². The molecule has 1 aromatic heterocycles. The molecule has 1 saturated heterocycles. The first kappa shape index (κ1) is 20.1. The number of halogens is 1. The quantitative estimate of drug-likeness (QED) is 0.642. The molecule has 0 aliphatic carbocycles. The van der Waals surface area contributed by atoms with Gasteiger partial charge in [-0.25, -0.2) is 14.1 Å². The van der Waals surface area contributed by atoms with E-state index in [0.29, 0.717) is 18.1 Å². The molecule has 2 heterocycles. The van der Waals surface area contributed by atoms with Crippen LogP contribution in [0.3, 0.4) is 0 Å². The van der Waals surface area contributed by atoms with Crippen LogP contribution in [0.1, 0.15) is 41.3 Å². The number of aromatic nitrogens is 3. The van der Waals surface area contributed by atoms with E-state index in [1.807, 2.05) is 0 Å². The summed E-state index contributed by atoms with van der Waals surface area (Å²) >= 11 is 0. The van der Waals surface area contributed by atoms with Crippen molar-refractivity contribution in [3.63, 3.8) is 0 Å². The fourth-order valence-electron chi connectivity index (χ4n) is 3.79. The Labute approximate surface area is 175 Å². The lowest BCUT2D eigenvalue weighted by Crippen LogP contribution is -2.29. The van der Waals surface area contributed by atoms with E-state index in [1.165, 1.54) is 37.1 Å². The second-order valence-electron chi connectivity index (χ2n) is 7.75. The van der Waals surface area contributed by atoms with Gasteiger partial charge in [-0.15, -0.1) is 5.10 Å². The SMILES string of the molecule is Cc1nc(C(=O)N(C)Cc2ccc(N3CCCCC3)cc2)nn1-c1ccc(F)cc1. The summed E-state index contributed by atoms with van der Waals surface area (Å²) in [4.78, 5) is 21.2. The number of benzene rings is 2. The lowest BCUT2D eigenvalue weighted by atomic mass is 10.1. The van der Waals surface area contributed by atoms with Crippen molar-refractivity contribution in [2.45, 2.75) is 32.7 Å². The number of amides is 1. The zero-order valence-corrected chi connectivity index (χ0v) is 17.4. The standard InChI is InChI=1S/C23H26FN5O/c1-17-25-22(26-29(17)21-12-8-19(24)9-13-21)23(30)27(2)16-18-6-10-20(11-7-18)28-14-4-3-5-15-28/h6-13H,3-5,14-16H2,1-2H3. The number of rotatable bonds is 5. The zero-order valence-electron chi connectivity index (χ0n) is 17.4. The highest BCUT2D eigenvalue weighted by Gasteiger charge is 2.19. The Kier molecular flexibility index (Phi) is 5.79. The van der Waals surface area contributed by atoms with Crippen molar-refractivity contribution in [1.29, 1.82) is 0 Å². The zero-order chi connectivity index (χ0) is 21.1. The molecule has 4 rings (SSSR count). The van der Waals surface area contributed by atoms with E-state index < -0.39 is 0 Å². The average molecular weight is 407 g/mol. The van der Waals surface area contributed by atoms with E-state index in [0.717, 1.165) is 18.7 Å². The number of carbonyl (C=O) groups excluding carboxylic acids is 1. The van der Waals surface area contributed by atoms with E-state index in [-0.39, 0.29) is 17.5 Å². The number of piperidine rings is 1. The highest BCUT2D eigenvalue weighted by atomic mass is 19.1. The normalized spacial score (nSPS) is 14.0. The molecule has 0 spiro atoms. The van der Waals surface area contributed by atoms with Gasteiger partial charge in [0.05, 0.1) is 5.69 Å². The van der Waals surface area contributed by atoms with Crippen molar-refractivity contribution in [3.05, 3.63) is 71.6 Å². The van der Waals surface area contributed by atoms with Crippen molar-refractivity contribution in [2.75, 3.05) is 25.0 Å². The largest absolute Gasteiger partial charge is 0.372 e. The summed E-state index contributed by atoms with van der Waals surface area (Å²) in [5, 5.41) is 4.33. The van der Waals surface area contributed by atoms with E-state index in [4.69, 9.17) is 0 Å². The Balaban J connectivity index is 1.43. The monoisotopic (exact) mass is 407 g/mol. The first-order valence-corrected chi connectivity index (χ1v) is 10.3. The molecule has 6 nitrogen and oxygen atoms in total. The highest BCUT2D eigenvalue weighted by Crippen LogP contribution is 2.21. The van der Waals surface area contributed by atoms with Crippen LogP contribution < -0.4 is 4.90 Å². The van der Waals surface area contributed by atoms with E-state index in [2.05, 4.69) is 39.2 Å². The van der Waals surface area contributed by atoms with E-state index >= 15 is 0 Å². The minimum atomic E-state index is -0.321. The fourth-order valence-corrected chi connectivity index (χ4v) is 3.79. The molecule has 0 atom stereocenters. The summed E-state index contributed by atoms with van der Waals surface area (Å²) in [7, 11) is 1.74. The topological polar surface area (TPSA) is 54.3 Å². The van der Waals surface area contributed by atoms with Crippen molar-refractivity contribution < 1.29 is 9.18 Å². The third-order valence-corrected chi connectivity index (χ3v) is 5.46. The predicted octanol–water partition coefficient (Wildman–Crippen LogP) is 3.98. The number of carbonyl (C=O) groups is 1. The number of hydrogen-bond donors (Lipinski definition) is 0. The maximum absolute atomic E-state index is 13.2. The number of nitrogens with zero attached hydrogens (tertiary/aromatic N) is 5. The van der Waals surface area contributed by atoms with Gasteiger partial charge in [0.2, 0.25) is 5.82 Å². The average Bonchev–Trinajstić information content (AvgIpc) is 3.16. The van der Waals surface area contributed by atoms with Gasteiger partial charge >= 0.3 is 0 Å². The third kappa shape index (κ3) is 4.35. The number of anilines is 1. The van der Waals surface area contributed by atoms with Crippen LogP contribution >= 0.6 is 0 Å². The lowest BCUT2D eigenvalue weighted by molar-refractivity contribution is 0.0773. The molecule has 156 valence electrons. The Hall–Kier alpha value is -3.22. The van der Waals surface area contributed by atoms with Gasteiger partial charge in [0.1, 0.15) is 11.6 Å². The lowest BCUT2D eigenvalue weighted by Gasteiger charge is -2.29. The van der Waals surface area contributed by atoms with Crippen LogP contribution in [0.15, 0.2) is 48.5 Å². The van der Waals surface area contributed by atoms with Crippen molar-refractivity contribution in [2.24, 2.45) is 0 Å². The second kappa shape index (κ2) is 8.65. The third-order valence-electron chi connectivity index (χ3n) is 5.46. The molecule has 2 aromatic carbocycles. The summed E-state index contributed by atoms with van der Waals surface area (Å²) in [6, 6.07) is 14.3. The molecule has 0 unspecified atom stereocenters. The van der Waals surface area contributed by atoms with Crippen molar-refractivity contribution >= 4 is 11.6 Å². The highest BCUT2D eigenvalue weighted by molar-refractivity contribution is 5.90. The van der Waals surface area contributed by atoms with Crippen LogP contribution in [0.4, 0.5) is 10.1 Å². The van der Waals surface area contributed by atoms with Crippen molar-refractivity contribution in [3.8, 4) is 5.69 Å². The molecule has 1 amide bonds. The van der Waals surface area contributed by atoms with Gasteiger partial charge in [0, 0.05) is 32.4 Å². The predicted molar refractivity (Wildman–Crippen MR) is 114 cm³/mol. The minimum Gasteiger partial charge on any atom is -0.372 e. The molecule has 0 bridgehead atoms. The summed E-state index contributed by atoms with van der Waals surface area (Å²) in [6.07, 6.45) is 3.80. The molecule has 30 heavy (non-hydrogen) atoms. The number of aryl methyl sites for hydroxylation is 1. The van der Waals surface area contributed by atoms with Gasteiger partial charge in [-0.3, -0.25) is 4.79 Å². The van der Waals surface area contributed by atoms with Crippen LogP contribution in [-0.4, -0.2) is 45.7 Å². The molecule has 1 aliphatic rings. The molecule has 1 fully saturated rings. The van der Waals surface area contributed by atoms with Gasteiger partial charge in [-0.2, -0.15) is 0 Å². The summed E-state index contributed by atoms with van der Waals surface area (Å²) < 4.78 is 14.7. The maximum Gasteiger partial charge on any atom is 0.293 e. The maximum atomic E-state index is 13.2.